The zero-order valence-electron chi connectivity index (χ0n) is 15.5. The summed E-state index contributed by atoms with van der Waals surface area (Å²) in [7, 11) is 0. The third kappa shape index (κ3) is 3.59. The Hall–Kier alpha value is -4.53. The number of pyridine rings is 1. The minimum atomic E-state index is -0.247. The molecule has 9 nitrogen and oxygen atoms in total. The second-order valence-electron chi connectivity index (χ2n) is 6.49. The second-order valence-corrected chi connectivity index (χ2v) is 6.49. The number of H-pyrrole nitrogens is 1. The van der Waals surface area contributed by atoms with E-state index in [1.807, 2.05) is 24.3 Å². The van der Waals surface area contributed by atoms with E-state index in [0.717, 1.165) is 16.6 Å². The van der Waals surface area contributed by atoms with Gasteiger partial charge in [0.05, 0.1) is 17.3 Å². The first kappa shape index (κ1) is 17.6. The van der Waals surface area contributed by atoms with Crippen LogP contribution in [0.25, 0.3) is 22.4 Å². The molecule has 0 bridgehead atoms. The molecule has 5 aromatic rings. The number of aromatic nitrogens is 5. The highest BCUT2D eigenvalue weighted by Gasteiger charge is 2.11. The van der Waals surface area contributed by atoms with Crippen LogP contribution in [-0.4, -0.2) is 31.3 Å². The zero-order chi connectivity index (χ0) is 20.3. The van der Waals surface area contributed by atoms with E-state index >= 15 is 0 Å². The van der Waals surface area contributed by atoms with Gasteiger partial charge in [0.2, 0.25) is 5.89 Å². The number of carbonyl (C=O) groups excluding carboxylic acids is 1. The summed E-state index contributed by atoms with van der Waals surface area (Å²) in [5, 5.41) is 21.9. The molecule has 30 heavy (non-hydrogen) atoms. The first-order chi connectivity index (χ1) is 14.7. The van der Waals surface area contributed by atoms with Gasteiger partial charge < -0.3 is 15.1 Å². The number of hydrogen-bond acceptors (Lipinski definition) is 7. The number of nitrogens with zero attached hydrogens (tertiary/aromatic N) is 4. The third-order valence-corrected chi connectivity index (χ3v) is 4.41. The summed E-state index contributed by atoms with van der Waals surface area (Å²) in [5.74, 6) is 0.0853. The molecule has 3 aromatic heterocycles. The lowest BCUT2D eigenvalue weighted by atomic mass is 10.2. The highest BCUT2D eigenvalue weighted by atomic mass is 16.4. The van der Waals surface area contributed by atoms with E-state index in [4.69, 9.17) is 4.42 Å². The van der Waals surface area contributed by atoms with Crippen molar-refractivity contribution >= 4 is 34.2 Å². The van der Waals surface area contributed by atoms with Gasteiger partial charge in [0.15, 0.2) is 0 Å². The molecule has 5 rings (SSSR count). The van der Waals surface area contributed by atoms with Crippen LogP contribution in [0.15, 0.2) is 77.6 Å². The molecule has 0 fully saturated rings. The van der Waals surface area contributed by atoms with Crippen LogP contribution in [-0.2, 0) is 0 Å². The van der Waals surface area contributed by atoms with Gasteiger partial charge in [-0.05, 0) is 48.5 Å². The molecule has 0 saturated heterocycles. The minimum Gasteiger partial charge on any atom is -0.403 e. The third-order valence-electron chi connectivity index (χ3n) is 4.41. The lowest BCUT2D eigenvalue weighted by Gasteiger charge is -2.06. The van der Waals surface area contributed by atoms with Gasteiger partial charge in [0, 0.05) is 34.7 Å². The zero-order valence-corrected chi connectivity index (χ0v) is 15.5. The molecule has 3 heterocycles. The number of carbonyl (C=O) groups is 1. The largest absolute Gasteiger partial charge is 0.403 e. The number of rotatable bonds is 5. The van der Waals surface area contributed by atoms with E-state index in [0.29, 0.717) is 22.7 Å². The molecule has 0 unspecified atom stereocenters. The van der Waals surface area contributed by atoms with Crippen LogP contribution in [0.4, 0.5) is 17.4 Å². The number of amides is 1. The Balaban J connectivity index is 1.33. The summed E-state index contributed by atoms with van der Waals surface area (Å²) in [6.45, 7) is 0. The summed E-state index contributed by atoms with van der Waals surface area (Å²) in [6.07, 6.45) is 4.87. The van der Waals surface area contributed by atoms with Crippen molar-refractivity contribution in [3.05, 3.63) is 78.8 Å². The summed E-state index contributed by atoms with van der Waals surface area (Å²) in [4.78, 5) is 16.3. The molecule has 146 valence electrons. The van der Waals surface area contributed by atoms with Crippen LogP contribution in [0.5, 0.6) is 0 Å². The maximum absolute atomic E-state index is 12.3. The minimum absolute atomic E-state index is 0.247. The number of fused-ring (bicyclic) bond motifs is 1. The summed E-state index contributed by atoms with van der Waals surface area (Å²) in [6, 6.07) is 16.6. The van der Waals surface area contributed by atoms with Crippen molar-refractivity contribution in [1.82, 2.24) is 25.4 Å². The summed E-state index contributed by atoms with van der Waals surface area (Å²) < 4.78 is 5.73. The van der Waals surface area contributed by atoms with Gasteiger partial charge in [-0.1, -0.05) is 11.2 Å². The van der Waals surface area contributed by atoms with Crippen LogP contribution in [0.2, 0.25) is 0 Å². The highest BCUT2D eigenvalue weighted by Crippen LogP contribution is 2.25. The molecule has 0 saturated carbocycles. The molecule has 0 aliphatic heterocycles. The fraction of sp³-hybridized carbons (Fsp3) is 0. The summed E-state index contributed by atoms with van der Waals surface area (Å²) in [5.41, 5.74) is 3.51. The molecule has 0 aliphatic carbocycles. The van der Waals surface area contributed by atoms with Gasteiger partial charge in [-0.25, -0.2) is 0 Å². The molecular weight excluding hydrogens is 382 g/mol. The topological polar surface area (TPSA) is 122 Å². The predicted octanol–water partition coefficient (Wildman–Crippen LogP) is 4.00. The van der Waals surface area contributed by atoms with Crippen molar-refractivity contribution in [2.45, 2.75) is 0 Å². The molecule has 0 aliphatic rings. The van der Waals surface area contributed by atoms with E-state index in [9.17, 15) is 4.79 Å². The lowest BCUT2D eigenvalue weighted by molar-refractivity contribution is 0.102. The van der Waals surface area contributed by atoms with E-state index in [1.54, 1.807) is 42.7 Å². The lowest BCUT2D eigenvalue weighted by Crippen LogP contribution is -2.11. The van der Waals surface area contributed by atoms with Crippen molar-refractivity contribution in [3.63, 3.8) is 0 Å². The SMILES string of the molecule is O=C(Nc1cccc(-c2nnc(Nc3ccc4[nH]ncc4c3)o2)c1)c1cccnc1. The average molecular weight is 397 g/mol. The van der Waals surface area contributed by atoms with Crippen molar-refractivity contribution in [2.75, 3.05) is 10.6 Å². The first-order valence-electron chi connectivity index (χ1n) is 9.10. The number of nitrogens with one attached hydrogen (secondary N) is 3. The molecule has 2 aromatic carbocycles. The van der Waals surface area contributed by atoms with Crippen LogP contribution < -0.4 is 10.6 Å². The number of aromatic amines is 1. The second kappa shape index (κ2) is 7.47. The molecule has 9 heteroatoms. The van der Waals surface area contributed by atoms with E-state index < -0.39 is 0 Å². The van der Waals surface area contributed by atoms with E-state index in [1.165, 1.54) is 6.20 Å². The molecule has 0 atom stereocenters. The van der Waals surface area contributed by atoms with Gasteiger partial charge in [-0.2, -0.15) is 5.10 Å². The fourth-order valence-electron chi connectivity index (χ4n) is 2.96. The van der Waals surface area contributed by atoms with E-state index in [2.05, 4.69) is 36.0 Å². The van der Waals surface area contributed by atoms with Gasteiger partial charge in [0.25, 0.3) is 5.91 Å². The van der Waals surface area contributed by atoms with Crippen LogP contribution in [0.1, 0.15) is 10.4 Å². The maximum Gasteiger partial charge on any atom is 0.320 e. The van der Waals surface area contributed by atoms with Crippen LogP contribution in [0, 0.1) is 0 Å². The fourth-order valence-corrected chi connectivity index (χ4v) is 2.96. The normalized spacial score (nSPS) is 10.8. The van der Waals surface area contributed by atoms with Crippen LogP contribution in [0.3, 0.4) is 0 Å². The first-order valence-corrected chi connectivity index (χ1v) is 9.10. The van der Waals surface area contributed by atoms with E-state index in [-0.39, 0.29) is 11.9 Å². The Bertz CT molecular complexity index is 1330. The molecular formula is C21H15N7O2. The molecule has 0 radical (unpaired) electrons. The average Bonchev–Trinajstić information content (AvgIpc) is 3.44. The smallest absolute Gasteiger partial charge is 0.320 e. The Labute approximate surface area is 170 Å². The standard InChI is InChI=1S/C21H15N7O2/c29-19(14-4-2-8-22-11-14)24-16-5-1-3-13(9-16)20-27-28-21(30-20)25-17-6-7-18-15(10-17)12-23-26-18/h1-12H,(H,23,26)(H,24,29)(H,25,28). The van der Waals surface area contributed by atoms with Crippen molar-refractivity contribution < 1.29 is 9.21 Å². The van der Waals surface area contributed by atoms with Gasteiger partial charge in [0.1, 0.15) is 0 Å². The van der Waals surface area contributed by atoms with Gasteiger partial charge in [-0.15, -0.1) is 5.10 Å². The maximum atomic E-state index is 12.3. The number of benzene rings is 2. The predicted molar refractivity (Wildman–Crippen MR) is 111 cm³/mol. The number of hydrogen-bond donors (Lipinski definition) is 3. The molecule has 3 N–H and O–H groups in total. The molecule has 0 spiro atoms. The molecule has 1 amide bonds. The van der Waals surface area contributed by atoms with Crippen molar-refractivity contribution in [1.29, 1.82) is 0 Å². The van der Waals surface area contributed by atoms with Crippen LogP contribution >= 0.6 is 0 Å². The Morgan fingerprint density at radius 3 is 2.83 bits per heavy atom. The number of anilines is 3. The Kier molecular flexibility index (Phi) is 4.37. The van der Waals surface area contributed by atoms with Gasteiger partial charge >= 0.3 is 6.01 Å². The Morgan fingerprint density at radius 1 is 0.967 bits per heavy atom. The van der Waals surface area contributed by atoms with Crippen molar-refractivity contribution in [2.24, 2.45) is 0 Å². The summed E-state index contributed by atoms with van der Waals surface area (Å²) >= 11 is 0. The highest BCUT2D eigenvalue weighted by molar-refractivity contribution is 6.04. The van der Waals surface area contributed by atoms with Crippen molar-refractivity contribution in [3.8, 4) is 11.5 Å². The monoisotopic (exact) mass is 397 g/mol. The quantitative estimate of drug-likeness (QED) is 0.410. The Morgan fingerprint density at radius 2 is 1.93 bits per heavy atom. The van der Waals surface area contributed by atoms with Gasteiger partial charge in [-0.3, -0.25) is 14.9 Å².